The fourth-order valence-electron chi connectivity index (χ4n) is 2.15. The minimum atomic E-state index is -0.358. The molecule has 2 heterocycles. The summed E-state index contributed by atoms with van der Waals surface area (Å²) >= 11 is 5.79. The zero-order chi connectivity index (χ0) is 14.3. The van der Waals surface area contributed by atoms with Crippen LogP contribution in [0.25, 0.3) is 10.9 Å². The number of benzene rings is 1. The van der Waals surface area contributed by atoms with Crippen molar-refractivity contribution < 1.29 is 9.13 Å². The van der Waals surface area contributed by atoms with Crippen molar-refractivity contribution in [2.24, 2.45) is 7.05 Å². The Morgan fingerprint density at radius 3 is 2.80 bits per heavy atom. The lowest BCUT2D eigenvalue weighted by molar-refractivity contribution is 0.477. The molecule has 0 fully saturated rings. The molecule has 2 aromatic heterocycles. The number of pyridine rings is 1. The summed E-state index contributed by atoms with van der Waals surface area (Å²) in [4.78, 5) is 3.86. The molecular formula is C14H11ClFN3O. The van der Waals surface area contributed by atoms with E-state index in [-0.39, 0.29) is 5.82 Å². The first kappa shape index (κ1) is 12.9. The van der Waals surface area contributed by atoms with Gasteiger partial charge in [-0.05, 0) is 13.0 Å². The molecule has 3 rings (SSSR count). The average molecular weight is 292 g/mol. The highest BCUT2D eigenvalue weighted by atomic mass is 35.5. The number of aromatic nitrogens is 3. The van der Waals surface area contributed by atoms with Crippen LogP contribution in [0, 0.1) is 12.7 Å². The summed E-state index contributed by atoms with van der Waals surface area (Å²) in [5.41, 5.74) is 1.33. The molecule has 102 valence electrons. The molecule has 4 nitrogen and oxygen atoms in total. The molecule has 0 amide bonds. The van der Waals surface area contributed by atoms with Crippen LogP contribution < -0.4 is 4.74 Å². The summed E-state index contributed by atoms with van der Waals surface area (Å²) in [6, 6.07) is 6.30. The molecule has 20 heavy (non-hydrogen) atoms. The average Bonchev–Trinajstić information content (AvgIpc) is 2.65. The largest absolute Gasteiger partial charge is 0.457 e. The van der Waals surface area contributed by atoms with Gasteiger partial charge in [-0.3, -0.25) is 4.68 Å². The van der Waals surface area contributed by atoms with Gasteiger partial charge in [0.2, 0.25) is 0 Å². The second-order valence-electron chi connectivity index (χ2n) is 4.42. The first-order valence-corrected chi connectivity index (χ1v) is 6.34. The molecular weight excluding hydrogens is 281 g/mol. The van der Waals surface area contributed by atoms with Gasteiger partial charge in [-0.25, -0.2) is 9.37 Å². The van der Waals surface area contributed by atoms with E-state index in [1.54, 1.807) is 36.9 Å². The minimum Gasteiger partial charge on any atom is -0.457 e. The van der Waals surface area contributed by atoms with Crippen molar-refractivity contribution in [1.29, 1.82) is 0 Å². The second kappa shape index (κ2) is 4.76. The molecule has 0 aliphatic carbocycles. The lowest BCUT2D eigenvalue weighted by Gasteiger charge is -2.07. The SMILES string of the molecule is Cc1nn(C)c2cc(Oc3ccnc(Cl)c3)cc(F)c12. The molecule has 6 heteroatoms. The molecule has 1 aromatic carbocycles. The van der Waals surface area contributed by atoms with Crippen molar-refractivity contribution in [2.75, 3.05) is 0 Å². The van der Waals surface area contributed by atoms with Gasteiger partial charge in [0.05, 0.1) is 16.6 Å². The van der Waals surface area contributed by atoms with Gasteiger partial charge < -0.3 is 4.74 Å². The highest BCUT2D eigenvalue weighted by molar-refractivity contribution is 6.29. The molecule has 0 aliphatic rings. The monoisotopic (exact) mass is 291 g/mol. The van der Waals surface area contributed by atoms with Crippen LogP contribution in [0.1, 0.15) is 5.69 Å². The predicted octanol–water partition coefficient (Wildman–Crippen LogP) is 3.86. The summed E-state index contributed by atoms with van der Waals surface area (Å²) in [6.07, 6.45) is 1.53. The Labute approximate surface area is 119 Å². The Balaban J connectivity index is 2.07. The van der Waals surface area contributed by atoms with Gasteiger partial charge >= 0.3 is 0 Å². The molecule has 0 atom stereocenters. The number of halogens is 2. The number of ether oxygens (including phenoxy) is 1. The van der Waals surface area contributed by atoms with Crippen molar-refractivity contribution in [3.05, 3.63) is 47.1 Å². The van der Waals surface area contributed by atoms with E-state index in [0.29, 0.717) is 33.2 Å². The quantitative estimate of drug-likeness (QED) is 0.673. The Kier molecular flexibility index (Phi) is 3.06. The van der Waals surface area contributed by atoms with Gasteiger partial charge in [-0.2, -0.15) is 5.10 Å². The molecule has 3 aromatic rings. The van der Waals surface area contributed by atoms with E-state index in [4.69, 9.17) is 16.3 Å². The maximum absolute atomic E-state index is 14.1. The normalized spacial score (nSPS) is 11.0. The van der Waals surface area contributed by atoms with E-state index in [0.717, 1.165) is 0 Å². The van der Waals surface area contributed by atoms with Crippen LogP contribution in [-0.4, -0.2) is 14.8 Å². The molecule has 0 radical (unpaired) electrons. The molecule has 0 N–H and O–H groups in total. The van der Waals surface area contributed by atoms with Crippen LogP contribution in [0.4, 0.5) is 4.39 Å². The van der Waals surface area contributed by atoms with E-state index in [9.17, 15) is 4.39 Å². The Morgan fingerprint density at radius 1 is 1.25 bits per heavy atom. The number of aryl methyl sites for hydroxylation is 2. The number of hydrogen-bond donors (Lipinski definition) is 0. The number of nitrogens with zero attached hydrogens (tertiary/aromatic N) is 3. The summed E-state index contributed by atoms with van der Waals surface area (Å²) in [7, 11) is 1.77. The fraction of sp³-hybridized carbons (Fsp3) is 0.143. The zero-order valence-corrected chi connectivity index (χ0v) is 11.6. The Bertz CT molecular complexity index is 800. The van der Waals surface area contributed by atoms with Crippen LogP contribution in [-0.2, 0) is 7.05 Å². The topological polar surface area (TPSA) is 39.9 Å². The van der Waals surface area contributed by atoms with Gasteiger partial charge in [-0.15, -0.1) is 0 Å². The van der Waals surface area contributed by atoms with Crippen molar-refractivity contribution in [3.8, 4) is 11.5 Å². The summed E-state index contributed by atoms with van der Waals surface area (Å²) < 4.78 is 21.4. The molecule has 0 aliphatic heterocycles. The molecule has 0 unspecified atom stereocenters. The molecule has 0 bridgehead atoms. The number of hydrogen-bond acceptors (Lipinski definition) is 3. The van der Waals surface area contributed by atoms with Crippen molar-refractivity contribution in [1.82, 2.24) is 14.8 Å². The number of fused-ring (bicyclic) bond motifs is 1. The van der Waals surface area contributed by atoms with E-state index in [1.807, 2.05) is 0 Å². The van der Waals surface area contributed by atoms with E-state index in [2.05, 4.69) is 10.1 Å². The van der Waals surface area contributed by atoms with Gasteiger partial charge in [0.25, 0.3) is 0 Å². The van der Waals surface area contributed by atoms with Gasteiger partial charge in [0.15, 0.2) is 0 Å². The molecule has 0 saturated heterocycles. The predicted molar refractivity (Wildman–Crippen MR) is 74.7 cm³/mol. The fourth-order valence-corrected chi connectivity index (χ4v) is 2.32. The lowest BCUT2D eigenvalue weighted by atomic mass is 10.2. The summed E-state index contributed by atoms with van der Waals surface area (Å²) in [6.45, 7) is 1.77. The maximum Gasteiger partial charge on any atom is 0.138 e. The first-order chi connectivity index (χ1) is 9.54. The highest BCUT2D eigenvalue weighted by Gasteiger charge is 2.13. The zero-order valence-electron chi connectivity index (χ0n) is 10.9. The van der Waals surface area contributed by atoms with Gasteiger partial charge in [-0.1, -0.05) is 11.6 Å². The van der Waals surface area contributed by atoms with E-state index >= 15 is 0 Å². The van der Waals surface area contributed by atoms with Crippen molar-refractivity contribution in [2.45, 2.75) is 6.92 Å². The third kappa shape index (κ3) is 2.20. The van der Waals surface area contributed by atoms with E-state index < -0.39 is 0 Å². The first-order valence-electron chi connectivity index (χ1n) is 5.97. The number of rotatable bonds is 2. The third-order valence-corrected chi connectivity index (χ3v) is 3.19. The van der Waals surface area contributed by atoms with Crippen molar-refractivity contribution >= 4 is 22.5 Å². The minimum absolute atomic E-state index is 0.320. The van der Waals surface area contributed by atoms with Gasteiger partial charge in [0.1, 0.15) is 22.5 Å². The van der Waals surface area contributed by atoms with Crippen molar-refractivity contribution in [3.63, 3.8) is 0 Å². The second-order valence-corrected chi connectivity index (χ2v) is 4.81. The van der Waals surface area contributed by atoms with Crippen LogP contribution in [0.5, 0.6) is 11.5 Å². The lowest BCUT2D eigenvalue weighted by Crippen LogP contribution is -1.91. The highest BCUT2D eigenvalue weighted by Crippen LogP contribution is 2.29. The maximum atomic E-state index is 14.1. The van der Waals surface area contributed by atoms with E-state index in [1.165, 1.54) is 12.3 Å². The Morgan fingerprint density at radius 2 is 2.05 bits per heavy atom. The third-order valence-electron chi connectivity index (χ3n) is 2.99. The molecule has 0 spiro atoms. The Hall–Kier alpha value is -2.14. The van der Waals surface area contributed by atoms with Crippen LogP contribution in [0.3, 0.4) is 0 Å². The van der Waals surface area contributed by atoms with Crippen LogP contribution in [0.15, 0.2) is 30.5 Å². The molecule has 0 saturated carbocycles. The standard InChI is InChI=1S/C14H11ClFN3O/c1-8-14-11(16)5-10(6-12(14)19(2)18-8)20-9-3-4-17-13(15)7-9/h3-7H,1-2H3. The summed E-state index contributed by atoms with van der Waals surface area (Å²) in [5, 5.41) is 5.03. The van der Waals surface area contributed by atoms with Gasteiger partial charge in [0, 0.05) is 31.4 Å². The van der Waals surface area contributed by atoms with Crippen LogP contribution >= 0.6 is 11.6 Å². The smallest absolute Gasteiger partial charge is 0.138 e. The van der Waals surface area contributed by atoms with Crippen LogP contribution in [0.2, 0.25) is 5.15 Å². The summed E-state index contributed by atoms with van der Waals surface area (Å²) in [5.74, 6) is 0.533.